The van der Waals surface area contributed by atoms with Crippen LogP contribution in [-0.2, 0) is 14.9 Å². The van der Waals surface area contributed by atoms with E-state index in [4.69, 9.17) is 9.47 Å². The minimum Gasteiger partial charge on any atom is -0.743 e. The van der Waals surface area contributed by atoms with Gasteiger partial charge < -0.3 is 18.8 Å². The van der Waals surface area contributed by atoms with Crippen molar-refractivity contribution in [1.82, 2.24) is 0 Å². The Morgan fingerprint density at radius 2 is 1.78 bits per heavy atom. The summed E-state index contributed by atoms with van der Waals surface area (Å²) in [4.78, 5) is 34.6. The molecule has 0 aromatic heterocycles. The SMILES string of the molecule is COc1cc(I)ccc1C(=O)Oc1ccc([N+](=O)[O-])c(C(=O)OCC(F)(F)S(=O)(=O)[O-])c1. The van der Waals surface area contributed by atoms with Crippen molar-refractivity contribution in [2.75, 3.05) is 13.7 Å². The van der Waals surface area contributed by atoms with Crippen LogP contribution in [0.1, 0.15) is 20.7 Å². The molecule has 0 saturated heterocycles. The van der Waals surface area contributed by atoms with Crippen molar-refractivity contribution in [1.29, 1.82) is 0 Å². The van der Waals surface area contributed by atoms with Crippen molar-refractivity contribution < 1.29 is 50.5 Å². The zero-order valence-corrected chi connectivity index (χ0v) is 18.7. The molecule has 2 aromatic rings. The molecule has 0 spiro atoms. The largest absolute Gasteiger partial charge is 0.743 e. The number of carbonyl (C=O) groups excluding carboxylic acids is 2. The molecule has 0 amide bonds. The van der Waals surface area contributed by atoms with Crippen molar-refractivity contribution in [2.24, 2.45) is 0 Å². The van der Waals surface area contributed by atoms with Gasteiger partial charge in [-0.1, -0.05) is 0 Å². The number of hydrogen-bond donors (Lipinski definition) is 0. The van der Waals surface area contributed by atoms with Crippen LogP contribution in [0.5, 0.6) is 11.5 Å². The molecule has 15 heteroatoms. The molecule has 172 valence electrons. The number of nitrogens with zero attached hydrogens (tertiary/aromatic N) is 1. The standard InChI is InChI=1S/C17H12F2INO10S/c1-29-14-6-9(20)2-4-11(14)16(23)31-10-3-5-13(21(24)25)12(7-10)15(22)30-8-17(18,19)32(26,27)28/h2-7H,8H2,1H3,(H,26,27,28)/p-1. The second kappa shape index (κ2) is 9.70. The highest BCUT2D eigenvalue weighted by Crippen LogP contribution is 2.28. The lowest BCUT2D eigenvalue weighted by molar-refractivity contribution is -0.385. The van der Waals surface area contributed by atoms with Gasteiger partial charge in [-0.2, -0.15) is 8.78 Å². The highest BCUT2D eigenvalue weighted by atomic mass is 127. The van der Waals surface area contributed by atoms with Gasteiger partial charge in [0, 0.05) is 15.7 Å². The first kappa shape index (κ1) is 25.3. The van der Waals surface area contributed by atoms with E-state index in [1.807, 2.05) is 22.6 Å². The summed E-state index contributed by atoms with van der Waals surface area (Å²) in [5, 5.41) is 6.18. The highest BCUT2D eigenvalue weighted by Gasteiger charge is 2.40. The molecule has 0 aliphatic rings. The van der Waals surface area contributed by atoms with E-state index in [1.165, 1.54) is 19.2 Å². The normalized spacial score (nSPS) is 11.5. The number of hydrogen-bond acceptors (Lipinski definition) is 10. The molecule has 0 N–H and O–H groups in total. The lowest BCUT2D eigenvalue weighted by Crippen LogP contribution is -2.34. The molecule has 0 saturated carbocycles. The van der Waals surface area contributed by atoms with Gasteiger partial charge in [0.1, 0.15) is 22.6 Å². The number of benzene rings is 2. The fourth-order valence-corrected chi connectivity index (χ4v) is 2.86. The van der Waals surface area contributed by atoms with Crippen LogP contribution in [0.25, 0.3) is 0 Å². The van der Waals surface area contributed by atoms with Crippen molar-refractivity contribution in [3.8, 4) is 11.5 Å². The third-order valence-electron chi connectivity index (χ3n) is 3.72. The summed E-state index contributed by atoms with van der Waals surface area (Å²) in [6, 6.07) is 6.86. The van der Waals surface area contributed by atoms with Crippen molar-refractivity contribution in [2.45, 2.75) is 5.25 Å². The number of rotatable bonds is 8. The predicted molar refractivity (Wildman–Crippen MR) is 109 cm³/mol. The average molecular weight is 586 g/mol. The van der Waals surface area contributed by atoms with Gasteiger partial charge in [-0.25, -0.2) is 18.0 Å². The van der Waals surface area contributed by atoms with Crippen LogP contribution in [-0.4, -0.2) is 48.8 Å². The second-order valence-corrected chi connectivity index (χ2v) is 8.59. The number of halogens is 3. The Bertz CT molecular complexity index is 1190. The summed E-state index contributed by atoms with van der Waals surface area (Å²) in [6.07, 6.45) is 0. The zero-order chi connectivity index (χ0) is 24.3. The van der Waals surface area contributed by atoms with E-state index < -0.39 is 55.8 Å². The van der Waals surface area contributed by atoms with Gasteiger partial charge in [0.2, 0.25) is 0 Å². The van der Waals surface area contributed by atoms with E-state index in [-0.39, 0.29) is 11.3 Å². The predicted octanol–water partition coefficient (Wildman–Crippen LogP) is 2.72. The molecule has 2 aromatic carbocycles. The fourth-order valence-electron chi connectivity index (χ4n) is 2.20. The first-order chi connectivity index (χ1) is 14.8. The Morgan fingerprint density at radius 3 is 2.34 bits per heavy atom. The monoisotopic (exact) mass is 586 g/mol. The molecule has 0 radical (unpaired) electrons. The first-order valence-corrected chi connectivity index (χ1v) is 10.6. The molecule has 32 heavy (non-hydrogen) atoms. The number of nitro benzene ring substituents is 1. The molecule has 0 unspecified atom stereocenters. The van der Waals surface area contributed by atoms with Crippen LogP contribution in [0.15, 0.2) is 36.4 Å². The van der Waals surface area contributed by atoms with Gasteiger partial charge in [-0.3, -0.25) is 10.1 Å². The van der Waals surface area contributed by atoms with E-state index in [0.717, 1.165) is 15.7 Å². The third-order valence-corrected chi connectivity index (χ3v) is 5.24. The molecule has 0 bridgehead atoms. The van der Waals surface area contributed by atoms with Crippen LogP contribution in [0.2, 0.25) is 0 Å². The van der Waals surface area contributed by atoms with E-state index in [1.54, 1.807) is 6.07 Å². The fraction of sp³-hybridized carbons (Fsp3) is 0.176. The Balaban J connectivity index is 2.32. The Hall–Kier alpha value is -2.92. The van der Waals surface area contributed by atoms with E-state index in [0.29, 0.717) is 6.07 Å². The van der Waals surface area contributed by atoms with E-state index in [9.17, 15) is 41.5 Å². The Kier molecular flexibility index (Phi) is 7.68. The number of methoxy groups -OCH3 is 1. The lowest BCUT2D eigenvalue weighted by Gasteiger charge is -2.19. The summed E-state index contributed by atoms with van der Waals surface area (Å²) < 4.78 is 72.8. The summed E-state index contributed by atoms with van der Waals surface area (Å²) >= 11 is 1.97. The lowest BCUT2D eigenvalue weighted by atomic mass is 10.1. The smallest absolute Gasteiger partial charge is 0.367 e. The second-order valence-electron chi connectivity index (χ2n) is 5.84. The van der Waals surface area contributed by atoms with E-state index in [2.05, 4.69) is 4.74 Å². The quantitative estimate of drug-likeness (QED) is 0.112. The summed E-state index contributed by atoms with van der Waals surface area (Å²) in [6.45, 7) is -2.17. The molecular formula is C17H11F2INO10S-. The van der Waals surface area contributed by atoms with Crippen LogP contribution in [0.4, 0.5) is 14.5 Å². The number of alkyl halides is 2. The van der Waals surface area contributed by atoms with Gasteiger partial charge in [-0.05, 0) is 46.9 Å². The molecule has 0 aliphatic carbocycles. The van der Waals surface area contributed by atoms with Gasteiger partial charge in [0.05, 0.1) is 12.0 Å². The number of carbonyl (C=O) groups is 2. The Labute approximate surface area is 192 Å². The van der Waals surface area contributed by atoms with Crippen LogP contribution >= 0.6 is 22.6 Å². The average Bonchev–Trinajstić information content (AvgIpc) is 2.70. The van der Waals surface area contributed by atoms with Crippen molar-refractivity contribution in [3.05, 3.63) is 61.2 Å². The van der Waals surface area contributed by atoms with Gasteiger partial charge in [0.15, 0.2) is 16.7 Å². The maximum atomic E-state index is 13.2. The van der Waals surface area contributed by atoms with Gasteiger partial charge in [-0.15, -0.1) is 0 Å². The van der Waals surface area contributed by atoms with Crippen LogP contribution < -0.4 is 9.47 Å². The minimum atomic E-state index is -6.15. The van der Waals surface area contributed by atoms with Gasteiger partial charge >= 0.3 is 17.2 Å². The topological polar surface area (TPSA) is 162 Å². The molecule has 0 atom stereocenters. The molecular weight excluding hydrogens is 575 g/mol. The first-order valence-electron chi connectivity index (χ1n) is 8.11. The Morgan fingerprint density at radius 1 is 1.12 bits per heavy atom. The summed E-state index contributed by atoms with van der Waals surface area (Å²) in [5.41, 5.74) is -1.85. The highest BCUT2D eigenvalue weighted by molar-refractivity contribution is 14.1. The minimum absolute atomic E-state index is 0.0179. The molecule has 0 aliphatic heterocycles. The molecule has 11 nitrogen and oxygen atoms in total. The van der Waals surface area contributed by atoms with Gasteiger partial charge in [0.25, 0.3) is 5.69 Å². The van der Waals surface area contributed by atoms with Crippen molar-refractivity contribution >= 4 is 50.3 Å². The molecule has 2 rings (SSSR count). The molecule has 0 fully saturated rings. The summed E-state index contributed by atoms with van der Waals surface area (Å²) in [5.74, 6) is -2.94. The maximum absolute atomic E-state index is 13.2. The van der Waals surface area contributed by atoms with Crippen LogP contribution in [0, 0.1) is 13.7 Å². The van der Waals surface area contributed by atoms with E-state index >= 15 is 0 Å². The van der Waals surface area contributed by atoms with Crippen molar-refractivity contribution in [3.63, 3.8) is 0 Å². The number of nitro groups is 1. The zero-order valence-electron chi connectivity index (χ0n) is 15.7. The molecule has 0 heterocycles. The van der Waals surface area contributed by atoms with Crippen LogP contribution in [0.3, 0.4) is 0 Å². The number of esters is 2. The third kappa shape index (κ3) is 5.86. The summed E-state index contributed by atoms with van der Waals surface area (Å²) in [7, 11) is -4.84. The maximum Gasteiger partial charge on any atom is 0.367 e. The number of ether oxygens (including phenoxy) is 3.